The Kier molecular flexibility index (Phi) is 2.74. The predicted molar refractivity (Wildman–Crippen MR) is 75.9 cm³/mol. The molecule has 1 aromatic carbocycles. The van der Waals surface area contributed by atoms with Crippen molar-refractivity contribution in [3.8, 4) is 0 Å². The van der Waals surface area contributed by atoms with Gasteiger partial charge in [0.05, 0.1) is 12.3 Å². The van der Waals surface area contributed by atoms with Crippen molar-refractivity contribution in [2.45, 2.75) is 12.1 Å². The van der Waals surface area contributed by atoms with E-state index in [9.17, 15) is 4.79 Å². The summed E-state index contributed by atoms with van der Waals surface area (Å²) in [4.78, 5) is 22.9. The molecule has 0 aliphatic carbocycles. The van der Waals surface area contributed by atoms with Crippen molar-refractivity contribution in [1.82, 2.24) is 14.9 Å². The van der Waals surface area contributed by atoms with Crippen LogP contribution in [-0.2, 0) is 16.9 Å². The molecule has 0 bridgehead atoms. The fraction of sp³-hybridized carbons (Fsp3) is 0.267. The van der Waals surface area contributed by atoms with Crippen molar-refractivity contribution < 1.29 is 9.53 Å². The summed E-state index contributed by atoms with van der Waals surface area (Å²) in [5.74, 6) is -0.128. The minimum atomic E-state index is -0.787. The molecule has 3 heterocycles. The van der Waals surface area contributed by atoms with Gasteiger partial charge in [-0.15, -0.1) is 0 Å². The van der Waals surface area contributed by atoms with Crippen LogP contribution in [0.2, 0.25) is 5.02 Å². The molecule has 4 rings (SSSR count). The number of carbonyl (C=O) groups excluding carboxylic acids is 1. The summed E-state index contributed by atoms with van der Waals surface area (Å²) in [6, 6.07) is 7.41. The Hall–Kier alpha value is -1.98. The van der Waals surface area contributed by atoms with Crippen LogP contribution < -0.4 is 0 Å². The monoisotopic (exact) mass is 301 g/mol. The maximum Gasteiger partial charge on any atom is 0.276 e. The lowest BCUT2D eigenvalue weighted by Crippen LogP contribution is -2.51. The third-order valence-electron chi connectivity index (χ3n) is 4.02. The number of halogens is 1. The van der Waals surface area contributed by atoms with Gasteiger partial charge in [0.2, 0.25) is 0 Å². The third kappa shape index (κ3) is 1.78. The van der Waals surface area contributed by atoms with E-state index in [1.807, 2.05) is 24.3 Å². The van der Waals surface area contributed by atoms with E-state index in [4.69, 9.17) is 16.3 Å². The van der Waals surface area contributed by atoms with Gasteiger partial charge in [0.1, 0.15) is 5.69 Å². The maximum absolute atomic E-state index is 12.7. The molecule has 0 N–H and O–H groups in total. The number of rotatable bonds is 1. The SMILES string of the molecule is O=C1c2nccnc2CC2(c3ccc(Cl)cc3)OCCN12. The van der Waals surface area contributed by atoms with Gasteiger partial charge in [-0.05, 0) is 12.1 Å². The number of hydrogen-bond donors (Lipinski definition) is 0. The molecule has 0 spiro atoms. The number of benzene rings is 1. The van der Waals surface area contributed by atoms with E-state index in [0.717, 1.165) is 5.56 Å². The molecule has 5 nitrogen and oxygen atoms in total. The first-order valence-corrected chi connectivity index (χ1v) is 7.10. The fourth-order valence-electron chi connectivity index (χ4n) is 3.06. The Morgan fingerprint density at radius 2 is 1.95 bits per heavy atom. The van der Waals surface area contributed by atoms with Gasteiger partial charge < -0.3 is 9.64 Å². The molecule has 2 aliphatic heterocycles. The third-order valence-corrected chi connectivity index (χ3v) is 4.27. The lowest BCUT2D eigenvalue weighted by Gasteiger charge is -2.40. The number of ether oxygens (including phenoxy) is 1. The number of aromatic nitrogens is 2. The highest BCUT2D eigenvalue weighted by Crippen LogP contribution is 2.41. The highest BCUT2D eigenvalue weighted by atomic mass is 35.5. The number of amides is 1. The topological polar surface area (TPSA) is 55.3 Å². The van der Waals surface area contributed by atoms with Crippen molar-refractivity contribution >= 4 is 17.5 Å². The molecule has 1 atom stereocenters. The average molecular weight is 302 g/mol. The quantitative estimate of drug-likeness (QED) is 0.808. The number of hydrogen-bond acceptors (Lipinski definition) is 4. The van der Waals surface area contributed by atoms with Crippen molar-refractivity contribution in [3.05, 3.63) is 58.6 Å². The van der Waals surface area contributed by atoms with Gasteiger partial charge in [0.25, 0.3) is 5.91 Å². The minimum absolute atomic E-state index is 0.128. The number of carbonyl (C=O) groups is 1. The maximum atomic E-state index is 12.7. The zero-order valence-electron chi connectivity index (χ0n) is 11.1. The molecule has 1 unspecified atom stereocenters. The normalized spacial score (nSPS) is 23.9. The predicted octanol–water partition coefficient (Wildman–Crippen LogP) is 2.01. The van der Waals surface area contributed by atoms with Crippen LogP contribution >= 0.6 is 11.6 Å². The van der Waals surface area contributed by atoms with Crippen LogP contribution in [0.25, 0.3) is 0 Å². The van der Waals surface area contributed by atoms with Crippen molar-refractivity contribution in [1.29, 1.82) is 0 Å². The molecule has 1 amide bonds. The second-order valence-corrected chi connectivity index (χ2v) is 5.56. The van der Waals surface area contributed by atoms with Gasteiger partial charge in [0.15, 0.2) is 5.72 Å². The van der Waals surface area contributed by atoms with Crippen LogP contribution in [-0.4, -0.2) is 33.9 Å². The standard InChI is InChI=1S/C15H12ClN3O2/c16-11-3-1-10(2-4-11)15-9-12-13(18-6-5-17-12)14(20)19(15)7-8-21-15/h1-6H,7-9H2. The molecule has 106 valence electrons. The largest absolute Gasteiger partial charge is 0.349 e. The van der Waals surface area contributed by atoms with Crippen LogP contribution in [0.4, 0.5) is 0 Å². The summed E-state index contributed by atoms with van der Waals surface area (Å²) >= 11 is 5.96. The number of nitrogens with zero attached hydrogens (tertiary/aromatic N) is 3. The van der Waals surface area contributed by atoms with E-state index in [2.05, 4.69) is 9.97 Å². The van der Waals surface area contributed by atoms with E-state index in [1.165, 1.54) is 0 Å². The first-order valence-electron chi connectivity index (χ1n) is 6.72. The summed E-state index contributed by atoms with van der Waals surface area (Å²) in [6.07, 6.45) is 3.65. The Morgan fingerprint density at radius 3 is 2.76 bits per heavy atom. The van der Waals surface area contributed by atoms with Gasteiger partial charge in [-0.1, -0.05) is 23.7 Å². The van der Waals surface area contributed by atoms with Crippen LogP contribution in [0.15, 0.2) is 36.7 Å². The van der Waals surface area contributed by atoms with E-state index in [1.54, 1.807) is 17.3 Å². The van der Waals surface area contributed by atoms with Gasteiger partial charge >= 0.3 is 0 Å². The van der Waals surface area contributed by atoms with Crippen molar-refractivity contribution in [3.63, 3.8) is 0 Å². The van der Waals surface area contributed by atoms with Gasteiger partial charge in [-0.2, -0.15) is 0 Å². The van der Waals surface area contributed by atoms with Gasteiger partial charge in [0, 0.05) is 35.9 Å². The smallest absolute Gasteiger partial charge is 0.276 e. The Labute approximate surface area is 126 Å². The highest BCUT2D eigenvalue weighted by molar-refractivity contribution is 6.30. The molecule has 21 heavy (non-hydrogen) atoms. The zero-order chi connectivity index (χ0) is 14.4. The van der Waals surface area contributed by atoms with E-state index in [-0.39, 0.29) is 5.91 Å². The first kappa shape index (κ1) is 12.7. The molecule has 2 aromatic rings. The average Bonchev–Trinajstić information content (AvgIpc) is 2.93. The molecular weight excluding hydrogens is 290 g/mol. The van der Waals surface area contributed by atoms with E-state index < -0.39 is 5.72 Å². The van der Waals surface area contributed by atoms with Crippen LogP contribution in [0.3, 0.4) is 0 Å². The van der Waals surface area contributed by atoms with Crippen molar-refractivity contribution in [2.24, 2.45) is 0 Å². The molecule has 2 aliphatic rings. The van der Waals surface area contributed by atoms with E-state index in [0.29, 0.717) is 36.0 Å². The lowest BCUT2D eigenvalue weighted by atomic mass is 9.91. The van der Waals surface area contributed by atoms with Gasteiger partial charge in [-0.3, -0.25) is 9.78 Å². The Bertz CT molecular complexity index is 719. The summed E-state index contributed by atoms with van der Waals surface area (Å²) in [6.45, 7) is 1.06. The minimum Gasteiger partial charge on any atom is -0.349 e. The molecular formula is C15H12ClN3O2. The summed E-state index contributed by atoms with van der Waals surface area (Å²) in [7, 11) is 0. The molecule has 1 aromatic heterocycles. The number of fused-ring (bicyclic) bond motifs is 2. The summed E-state index contributed by atoms with van der Waals surface area (Å²) in [5, 5.41) is 0.655. The Morgan fingerprint density at radius 1 is 1.19 bits per heavy atom. The molecule has 0 radical (unpaired) electrons. The zero-order valence-corrected chi connectivity index (χ0v) is 11.9. The van der Waals surface area contributed by atoms with Crippen molar-refractivity contribution in [2.75, 3.05) is 13.2 Å². The lowest BCUT2D eigenvalue weighted by molar-refractivity contribution is -0.0791. The summed E-state index contributed by atoms with van der Waals surface area (Å²) < 4.78 is 5.99. The second kappa shape index (κ2) is 4.51. The second-order valence-electron chi connectivity index (χ2n) is 5.12. The van der Waals surface area contributed by atoms with Crippen LogP contribution in [0.1, 0.15) is 21.7 Å². The first-order chi connectivity index (χ1) is 10.2. The van der Waals surface area contributed by atoms with E-state index >= 15 is 0 Å². The van der Waals surface area contributed by atoms with Crippen LogP contribution in [0.5, 0.6) is 0 Å². The fourth-order valence-corrected chi connectivity index (χ4v) is 3.18. The molecule has 6 heteroatoms. The molecule has 1 fully saturated rings. The summed E-state index contributed by atoms with van der Waals surface area (Å²) in [5.41, 5.74) is 1.22. The highest BCUT2D eigenvalue weighted by Gasteiger charge is 2.51. The molecule has 0 saturated carbocycles. The molecule has 1 saturated heterocycles. The van der Waals surface area contributed by atoms with Gasteiger partial charge in [-0.25, -0.2) is 4.98 Å². The van der Waals surface area contributed by atoms with Crippen LogP contribution in [0, 0.1) is 0 Å². The Balaban J connectivity index is 1.88.